The van der Waals surface area contributed by atoms with Crippen LogP contribution in [0.15, 0.2) is 36.5 Å². The second-order valence-corrected chi connectivity index (χ2v) is 4.26. The standard InChI is InChI=1S/C15H18N2O2/c1-11-4-5-12(9-16-11)10-17-13-6-14(18-2)8-15(7-13)19-3/h4-9,17H,10H2,1-3H3. The Bertz CT molecular complexity index is 516. The fraction of sp³-hybridized carbons (Fsp3) is 0.267. The number of hydrogen-bond acceptors (Lipinski definition) is 4. The third kappa shape index (κ3) is 3.61. The third-order valence-electron chi connectivity index (χ3n) is 2.82. The number of benzene rings is 1. The Hall–Kier alpha value is -2.23. The number of nitrogens with one attached hydrogen (secondary N) is 1. The number of methoxy groups -OCH3 is 2. The number of aromatic nitrogens is 1. The number of aryl methyl sites for hydroxylation is 1. The van der Waals surface area contributed by atoms with Gasteiger partial charge in [-0.1, -0.05) is 6.07 Å². The first-order valence-electron chi connectivity index (χ1n) is 6.10. The Balaban J connectivity index is 2.08. The largest absolute Gasteiger partial charge is 0.497 e. The first kappa shape index (κ1) is 13.2. The summed E-state index contributed by atoms with van der Waals surface area (Å²) in [7, 11) is 3.28. The van der Waals surface area contributed by atoms with Gasteiger partial charge >= 0.3 is 0 Å². The molecule has 100 valence electrons. The lowest BCUT2D eigenvalue weighted by atomic mass is 10.2. The summed E-state index contributed by atoms with van der Waals surface area (Å²) in [4.78, 5) is 4.27. The molecule has 0 saturated heterocycles. The molecule has 19 heavy (non-hydrogen) atoms. The highest BCUT2D eigenvalue weighted by atomic mass is 16.5. The Kier molecular flexibility index (Phi) is 4.23. The highest BCUT2D eigenvalue weighted by Crippen LogP contribution is 2.26. The first-order valence-corrected chi connectivity index (χ1v) is 6.10. The smallest absolute Gasteiger partial charge is 0.124 e. The van der Waals surface area contributed by atoms with Crippen LogP contribution in [0.3, 0.4) is 0 Å². The van der Waals surface area contributed by atoms with Crippen molar-refractivity contribution in [3.63, 3.8) is 0 Å². The maximum Gasteiger partial charge on any atom is 0.124 e. The molecule has 2 rings (SSSR count). The van der Waals surface area contributed by atoms with Gasteiger partial charge in [-0.15, -0.1) is 0 Å². The van der Waals surface area contributed by atoms with Crippen molar-refractivity contribution < 1.29 is 9.47 Å². The zero-order valence-corrected chi connectivity index (χ0v) is 11.4. The number of rotatable bonds is 5. The minimum absolute atomic E-state index is 0.712. The van der Waals surface area contributed by atoms with Gasteiger partial charge < -0.3 is 14.8 Å². The zero-order chi connectivity index (χ0) is 13.7. The minimum Gasteiger partial charge on any atom is -0.497 e. The summed E-state index contributed by atoms with van der Waals surface area (Å²) in [5, 5.41) is 3.33. The van der Waals surface area contributed by atoms with Crippen molar-refractivity contribution in [1.29, 1.82) is 0 Å². The summed E-state index contributed by atoms with van der Waals surface area (Å²) < 4.78 is 10.5. The van der Waals surface area contributed by atoms with Gasteiger partial charge in [0.15, 0.2) is 0 Å². The second kappa shape index (κ2) is 6.09. The van der Waals surface area contributed by atoms with Crippen molar-refractivity contribution in [3.8, 4) is 11.5 Å². The Morgan fingerprint density at radius 1 is 1.05 bits per heavy atom. The zero-order valence-electron chi connectivity index (χ0n) is 11.4. The summed E-state index contributed by atoms with van der Waals surface area (Å²) in [6.45, 7) is 2.69. The van der Waals surface area contributed by atoms with Gasteiger partial charge in [-0.2, -0.15) is 0 Å². The molecule has 1 heterocycles. The number of hydrogen-bond donors (Lipinski definition) is 1. The van der Waals surface area contributed by atoms with Crippen LogP contribution in [0.4, 0.5) is 5.69 Å². The Morgan fingerprint density at radius 2 is 1.74 bits per heavy atom. The quantitative estimate of drug-likeness (QED) is 0.895. The molecule has 0 aliphatic rings. The van der Waals surface area contributed by atoms with Crippen LogP contribution in [0.5, 0.6) is 11.5 Å². The lowest BCUT2D eigenvalue weighted by Crippen LogP contribution is -2.01. The Labute approximate surface area is 113 Å². The van der Waals surface area contributed by atoms with Crippen molar-refractivity contribution in [3.05, 3.63) is 47.8 Å². The molecule has 0 amide bonds. The molecular formula is C15H18N2O2. The number of nitrogens with zero attached hydrogens (tertiary/aromatic N) is 1. The maximum atomic E-state index is 5.23. The van der Waals surface area contributed by atoms with Gasteiger partial charge in [-0.05, 0) is 18.6 Å². The van der Waals surface area contributed by atoms with E-state index in [1.807, 2.05) is 37.4 Å². The minimum atomic E-state index is 0.712. The van der Waals surface area contributed by atoms with Crippen molar-refractivity contribution in [2.45, 2.75) is 13.5 Å². The van der Waals surface area contributed by atoms with Crippen molar-refractivity contribution in [2.24, 2.45) is 0 Å². The topological polar surface area (TPSA) is 43.4 Å². The SMILES string of the molecule is COc1cc(NCc2ccc(C)nc2)cc(OC)c1. The molecule has 0 aliphatic carbocycles. The fourth-order valence-corrected chi connectivity index (χ4v) is 1.72. The third-order valence-corrected chi connectivity index (χ3v) is 2.82. The van der Waals surface area contributed by atoms with Gasteiger partial charge in [0.25, 0.3) is 0 Å². The van der Waals surface area contributed by atoms with Crippen LogP contribution in [-0.2, 0) is 6.54 Å². The predicted molar refractivity (Wildman–Crippen MR) is 75.8 cm³/mol. The monoisotopic (exact) mass is 258 g/mol. The van der Waals surface area contributed by atoms with Gasteiger partial charge in [0.05, 0.1) is 14.2 Å². The predicted octanol–water partition coefficient (Wildman–Crippen LogP) is 3.02. The van der Waals surface area contributed by atoms with E-state index in [0.29, 0.717) is 6.54 Å². The normalized spacial score (nSPS) is 10.1. The van der Waals surface area contributed by atoms with Crippen LogP contribution in [0.25, 0.3) is 0 Å². The highest BCUT2D eigenvalue weighted by Gasteiger charge is 2.02. The van der Waals surface area contributed by atoms with Crippen LogP contribution >= 0.6 is 0 Å². The number of pyridine rings is 1. The van der Waals surface area contributed by atoms with Crippen molar-refractivity contribution >= 4 is 5.69 Å². The molecule has 1 aromatic carbocycles. The molecule has 0 atom stereocenters. The van der Waals surface area contributed by atoms with Crippen LogP contribution in [-0.4, -0.2) is 19.2 Å². The molecule has 0 fully saturated rings. The van der Waals surface area contributed by atoms with E-state index in [9.17, 15) is 0 Å². The van der Waals surface area contributed by atoms with E-state index in [0.717, 1.165) is 28.4 Å². The molecule has 4 heteroatoms. The second-order valence-electron chi connectivity index (χ2n) is 4.26. The van der Waals surface area contributed by atoms with E-state index < -0.39 is 0 Å². The van der Waals surface area contributed by atoms with Crippen molar-refractivity contribution in [2.75, 3.05) is 19.5 Å². The van der Waals surface area contributed by atoms with Gasteiger partial charge in [0, 0.05) is 42.3 Å². The molecule has 1 N–H and O–H groups in total. The Morgan fingerprint density at radius 3 is 2.26 bits per heavy atom. The van der Waals surface area contributed by atoms with E-state index in [2.05, 4.69) is 16.4 Å². The number of ether oxygens (including phenoxy) is 2. The summed E-state index contributed by atoms with van der Waals surface area (Å²) in [5.41, 5.74) is 3.11. The van der Waals surface area contributed by atoms with Gasteiger partial charge in [-0.3, -0.25) is 4.98 Å². The molecule has 2 aromatic rings. The summed E-state index contributed by atoms with van der Waals surface area (Å²) in [5.74, 6) is 1.53. The molecule has 4 nitrogen and oxygen atoms in total. The maximum absolute atomic E-state index is 5.23. The van der Waals surface area contributed by atoms with E-state index in [-0.39, 0.29) is 0 Å². The fourth-order valence-electron chi connectivity index (χ4n) is 1.72. The van der Waals surface area contributed by atoms with Crippen molar-refractivity contribution in [1.82, 2.24) is 4.98 Å². The van der Waals surface area contributed by atoms with Gasteiger partial charge in [-0.25, -0.2) is 0 Å². The van der Waals surface area contributed by atoms with Crippen LogP contribution < -0.4 is 14.8 Å². The number of anilines is 1. The molecule has 0 radical (unpaired) electrons. The first-order chi connectivity index (χ1) is 9.21. The average Bonchev–Trinajstić information content (AvgIpc) is 2.46. The van der Waals surface area contributed by atoms with E-state index in [4.69, 9.17) is 9.47 Å². The molecule has 0 bridgehead atoms. The lowest BCUT2D eigenvalue weighted by Gasteiger charge is -2.10. The lowest BCUT2D eigenvalue weighted by molar-refractivity contribution is 0.394. The van der Waals surface area contributed by atoms with Crippen LogP contribution in [0.1, 0.15) is 11.3 Å². The van der Waals surface area contributed by atoms with Gasteiger partial charge in [0.1, 0.15) is 11.5 Å². The van der Waals surface area contributed by atoms with E-state index >= 15 is 0 Å². The molecule has 1 aromatic heterocycles. The molecular weight excluding hydrogens is 240 g/mol. The van der Waals surface area contributed by atoms with E-state index in [1.165, 1.54) is 0 Å². The molecule has 0 aliphatic heterocycles. The summed E-state index contributed by atoms with van der Waals surface area (Å²) >= 11 is 0. The van der Waals surface area contributed by atoms with Crippen LogP contribution in [0, 0.1) is 6.92 Å². The van der Waals surface area contributed by atoms with Gasteiger partial charge in [0.2, 0.25) is 0 Å². The molecule has 0 unspecified atom stereocenters. The van der Waals surface area contributed by atoms with Crippen LogP contribution in [0.2, 0.25) is 0 Å². The average molecular weight is 258 g/mol. The summed E-state index contributed by atoms with van der Waals surface area (Å²) in [6, 6.07) is 9.78. The summed E-state index contributed by atoms with van der Waals surface area (Å²) in [6.07, 6.45) is 1.87. The van der Waals surface area contributed by atoms with E-state index in [1.54, 1.807) is 14.2 Å². The molecule has 0 spiro atoms. The molecule has 0 saturated carbocycles. The highest BCUT2D eigenvalue weighted by molar-refractivity contribution is 5.53.